The summed E-state index contributed by atoms with van der Waals surface area (Å²) in [5.74, 6) is 0.0772. The molecule has 1 aromatic carbocycles. The van der Waals surface area contributed by atoms with Crippen molar-refractivity contribution in [3.8, 4) is 0 Å². The Morgan fingerprint density at radius 3 is 2.79 bits per heavy atom. The maximum atomic E-state index is 12.1. The maximum absolute atomic E-state index is 12.1. The van der Waals surface area contributed by atoms with Gasteiger partial charge in [0.15, 0.2) is 5.78 Å². The topological polar surface area (TPSA) is 60.9 Å². The van der Waals surface area contributed by atoms with Crippen molar-refractivity contribution in [2.24, 2.45) is 5.73 Å². The van der Waals surface area contributed by atoms with Crippen LogP contribution in [-0.2, 0) is 17.8 Å². The van der Waals surface area contributed by atoms with Crippen molar-refractivity contribution in [1.29, 1.82) is 0 Å². The molecule has 19 heavy (non-hydrogen) atoms. The predicted molar refractivity (Wildman–Crippen MR) is 77.0 cm³/mol. The average Bonchev–Trinajstić information content (AvgIpc) is 2.77. The van der Waals surface area contributed by atoms with Crippen LogP contribution in [0.15, 0.2) is 24.3 Å². The standard InChI is InChI=1S/C15H21N3O/c1-3-7-12(16)15(19)10-13-11-8-5-6-9-14(11)18(4-2)17-13/h5-6,8-9,12H,3-4,7,10,16H2,1-2H3. The number of hydrogen-bond acceptors (Lipinski definition) is 3. The van der Waals surface area contributed by atoms with E-state index in [1.54, 1.807) is 0 Å². The average molecular weight is 259 g/mol. The van der Waals surface area contributed by atoms with Crippen LogP contribution in [0, 0.1) is 0 Å². The molecule has 2 aromatic rings. The summed E-state index contributed by atoms with van der Waals surface area (Å²) in [5, 5.41) is 5.59. The number of Topliss-reactive ketones (excluding diaryl/α,β-unsaturated/α-hetero) is 1. The van der Waals surface area contributed by atoms with Crippen LogP contribution in [0.1, 0.15) is 32.4 Å². The summed E-state index contributed by atoms with van der Waals surface area (Å²) in [7, 11) is 0. The molecule has 0 saturated carbocycles. The molecule has 1 unspecified atom stereocenters. The first-order chi connectivity index (χ1) is 9.17. The Balaban J connectivity index is 2.28. The van der Waals surface area contributed by atoms with Crippen molar-refractivity contribution >= 4 is 16.7 Å². The Bertz CT molecular complexity index is 574. The van der Waals surface area contributed by atoms with Crippen molar-refractivity contribution in [2.45, 2.75) is 45.7 Å². The number of rotatable bonds is 6. The number of nitrogens with zero attached hydrogens (tertiary/aromatic N) is 2. The van der Waals surface area contributed by atoms with Crippen LogP contribution in [0.5, 0.6) is 0 Å². The van der Waals surface area contributed by atoms with Gasteiger partial charge in [-0.1, -0.05) is 31.5 Å². The van der Waals surface area contributed by atoms with E-state index >= 15 is 0 Å². The normalized spacial score (nSPS) is 12.8. The van der Waals surface area contributed by atoms with Crippen LogP contribution in [0.3, 0.4) is 0 Å². The molecule has 0 amide bonds. The van der Waals surface area contributed by atoms with Gasteiger partial charge >= 0.3 is 0 Å². The number of para-hydroxylation sites is 1. The van der Waals surface area contributed by atoms with Crippen molar-refractivity contribution in [1.82, 2.24) is 9.78 Å². The van der Waals surface area contributed by atoms with Gasteiger partial charge in [-0.15, -0.1) is 0 Å². The summed E-state index contributed by atoms with van der Waals surface area (Å²) in [6.45, 7) is 4.89. The van der Waals surface area contributed by atoms with E-state index in [0.29, 0.717) is 6.42 Å². The summed E-state index contributed by atoms with van der Waals surface area (Å²) in [4.78, 5) is 12.1. The van der Waals surface area contributed by atoms with E-state index < -0.39 is 0 Å². The van der Waals surface area contributed by atoms with Crippen molar-refractivity contribution in [3.63, 3.8) is 0 Å². The molecule has 0 fully saturated rings. The molecule has 1 aromatic heterocycles. The smallest absolute Gasteiger partial charge is 0.155 e. The van der Waals surface area contributed by atoms with E-state index in [0.717, 1.165) is 36.0 Å². The highest BCUT2D eigenvalue weighted by Gasteiger charge is 2.17. The van der Waals surface area contributed by atoms with E-state index in [9.17, 15) is 4.79 Å². The van der Waals surface area contributed by atoms with Crippen LogP contribution in [0.4, 0.5) is 0 Å². The van der Waals surface area contributed by atoms with E-state index in [4.69, 9.17) is 5.73 Å². The molecule has 2 rings (SSSR count). The van der Waals surface area contributed by atoms with Gasteiger partial charge in [-0.25, -0.2) is 0 Å². The molecule has 0 aliphatic rings. The molecule has 1 atom stereocenters. The number of nitrogens with two attached hydrogens (primary N) is 1. The molecule has 0 bridgehead atoms. The summed E-state index contributed by atoms with van der Waals surface area (Å²) in [6.07, 6.45) is 2.00. The highest BCUT2D eigenvalue weighted by molar-refractivity contribution is 5.91. The van der Waals surface area contributed by atoms with E-state index in [1.165, 1.54) is 0 Å². The molecule has 0 aliphatic heterocycles. The van der Waals surface area contributed by atoms with Crippen LogP contribution >= 0.6 is 0 Å². The Labute approximate surface area is 113 Å². The van der Waals surface area contributed by atoms with Crippen LogP contribution in [0.25, 0.3) is 10.9 Å². The molecule has 4 heteroatoms. The summed E-state index contributed by atoms with van der Waals surface area (Å²) in [6, 6.07) is 7.65. The minimum Gasteiger partial charge on any atom is -0.321 e. The fourth-order valence-electron chi connectivity index (χ4n) is 2.34. The van der Waals surface area contributed by atoms with Gasteiger partial charge in [-0.2, -0.15) is 5.10 Å². The lowest BCUT2D eigenvalue weighted by atomic mass is 10.0. The number of carbonyl (C=O) groups is 1. The highest BCUT2D eigenvalue weighted by Crippen LogP contribution is 2.19. The molecular formula is C15H21N3O. The third-order valence-corrected chi connectivity index (χ3v) is 3.39. The number of aryl methyl sites for hydroxylation is 1. The number of carbonyl (C=O) groups excluding carboxylic acids is 1. The van der Waals surface area contributed by atoms with Crippen molar-refractivity contribution in [2.75, 3.05) is 0 Å². The van der Waals surface area contributed by atoms with E-state index in [1.807, 2.05) is 42.8 Å². The second-order valence-electron chi connectivity index (χ2n) is 4.82. The van der Waals surface area contributed by atoms with Gasteiger partial charge < -0.3 is 5.73 Å². The zero-order valence-electron chi connectivity index (χ0n) is 11.6. The molecule has 0 saturated heterocycles. The molecule has 2 N–H and O–H groups in total. The zero-order chi connectivity index (χ0) is 13.8. The molecule has 0 radical (unpaired) electrons. The summed E-state index contributed by atoms with van der Waals surface area (Å²) >= 11 is 0. The third-order valence-electron chi connectivity index (χ3n) is 3.39. The summed E-state index contributed by atoms with van der Waals surface area (Å²) < 4.78 is 1.93. The lowest BCUT2D eigenvalue weighted by Gasteiger charge is -2.07. The third kappa shape index (κ3) is 2.84. The largest absolute Gasteiger partial charge is 0.321 e. The van der Waals surface area contributed by atoms with Crippen molar-refractivity contribution in [3.05, 3.63) is 30.0 Å². The Morgan fingerprint density at radius 2 is 2.11 bits per heavy atom. The van der Waals surface area contributed by atoms with Gasteiger partial charge in [0.05, 0.1) is 23.7 Å². The first-order valence-electron chi connectivity index (χ1n) is 6.90. The van der Waals surface area contributed by atoms with Gasteiger partial charge in [0.25, 0.3) is 0 Å². The molecular weight excluding hydrogens is 238 g/mol. The van der Waals surface area contributed by atoms with Crippen LogP contribution in [0.2, 0.25) is 0 Å². The number of benzene rings is 1. The predicted octanol–water partition coefficient (Wildman–Crippen LogP) is 2.30. The maximum Gasteiger partial charge on any atom is 0.155 e. The van der Waals surface area contributed by atoms with E-state index in [-0.39, 0.29) is 11.8 Å². The summed E-state index contributed by atoms with van der Waals surface area (Å²) in [5.41, 5.74) is 7.80. The highest BCUT2D eigenvalue weighted by atomic mass is 16.1. The Hall–Kier alpha value is -1.68. The minimum absolute atomic E-state index is 0.0772. The molecule has 1 heterocycles. The molecule has 0 spiro atoms. The van der Waals surface area contributed by atoms with Gasteiger partial charge in [-0.05, 0) is 19.4 Å². The van der Waals surface area contributed by atoms with Crippen LogP contribution in [-0.4, -0.2) is 21.6 Å². The first kappa shape index (κ1) is 13.7. The Kier molecular flexibility index (Phi) is 4.32. The van der Waals surface area contributed by atoms with E-state index in [2.05, 4.69) is 5.10 Å². The lowest BCUT2D eigenvalue weighted by Crippen LogP contribution is -2.31. The fraction of sp³-hybridized carbons (Fsp3) is 0.467. The van der Waals surface area contributed by atoms with Crippen molar-refractivity contribution < 1.29 is 4.79 Å². The fourth-order valence-corrected chi connectivity index (χ4v) is 2.34. The second kappa shape index (κ2) is 5.97. The molecule has 102 valence electrons. The lowest BCUT2D eigenvalue weighted by molar-refractivity contribution is -0.119. The minimum atomic E-state index is -0.365. The number of hydrogen-bond donors (Lipinski definition) is 1. The van der Waals surface area contributed by atoms with Crippen LogP contribution < -0.4 is 5.73 Å². The number of ketones is 1. The first-order valence-corrected chi connectivity index (χ1v) is 6.90. The zero-order valence-corrected chi connectivity index (χ0v) is 11.6. The van der Waals surface area contributed by atoms with Gasteiger partial charge in [-0.3, -0.25) is 9.48 Å². The van der Waals surface area contributed by atoms with Gasteiger partial charge in [0, 0.05) is 11.9 Å². The second-order valence-corrected chi connectivity index (χ2v) is 4.82. The quantitative estimate of drug-likeness (QED) is 0.865. The monoisotopic (exact) mass is 259 g/mol. The van der Waals surface area contributed by atoms with Gasteiger partial charge in [0.1, 0.15) is 0 Å². The number of aromatic nitrogens is 2. The SMILES string of the molecule is CCCC(N)C(=O)Cc1nn(CC)c2ccccc12. The Morgan fingerprint density at radius 1 is 1.37 bits per heavy atom. The van der Waals surface area contributed by atoms with Gasteiger partial charge in [0.2, 0.25) is 0 Å². The molecule has 0 aliphatic carbocycles. The number of fused-ring (bicyclic) bond motifs is 1. The molecule has 4 nitrogen and oxygen atoms in total.